The van der Waals surface area contributed by atoms with Crippen molar-refractivity contribution in [3.63, 3.8) is 0 Å². The van der Waals surface area contributed by atoms with Crippen molar-refractivity contribution in [1.29, 1.82) is 0 Å². The summed E-state index contributed by atoms with van der Waals surface area (Å²) < 4.78 is 7.06. The van der Waals surface area contributed by atoms with E-state index in [4.69, 9.17) is 17.0 Å². The van der Waals surface area contributed by atoms with Gasteiger partial charge < -0.3 is 15.0 Å². The van der Waals surface area contributed by atoms with Gasteiger partial charge in [-0.2, -0.15) is 5.10 Å². The summed E-state index contributed by atoms with van der Waals surface area (Å²) in [6.07, 6.45) is 4.82. The summed E-state index contributed by atoms with van der Waals surface area (Å²) in [4.78, 5) is 2.01. The second-order valence-corrected chi connectivity index (χ2v) is 4.55. The molecule has 0 bridgehead atoms. The van der Waals surface area contributed by atoms with E-state index in [1.165, 1.54) is 0 Å². The minimum Gasteiger partial charge on any atom is -0.382 e. The highest BCUT2D eigenvalue weighted by Crippen LogP contribution is 2.01. The van der Waals surface area contributed by atoms with Crippen molar-refractivity contribution >= 4 is 17.3 Å². The van der Waals surface area contributed by atoms with Gasteiger partial charge in [0.05, 0.1) is 6.20 Å². The van der Waals surface area contributed by atoms with Crippen molar-refractivity contribution in [3.8, 4) is 0 Å². The second-order valence-electron chi connectivity index (χ2n) is 4.16. The average molecular weight is 270 g/mol. The predicted molar refractivity (Wildman–Crippen MR) is 76.4 cm³/mol. The van der Waals surface area contributed by atoms with E-state index in [0.29, 0.717) is 0 Å². The smallest absolute Gasteiger partial charge is 0.168 e. The maximum absolute atomic E-state index is 5.31. The first-order chi connectivity index (χ1) is 8.63. The van der Waals surface area contributed by atoms with Gasteiger partial charge in [0.25, 0.3) is 0 Å². The molecular formula is C12H22N4OS. The molecule has 1 heterocycles. The Hall–Kier alpha value is -1.14. The SMILES string of the molecule is CCOCCCNC(=S)N(C)Cc1cnn(C)c1. The molecule has 0 radical (unpaired) electrons. The minimum atomic E-state index is 0.760. The van der Waals surface area contributed by atoms with Crippen LogP contribution in [0.5, 0.6) is 0 Å². The van der Waals surface area contributed by atoms with Crippen LogP contribution in [0.1, 0.15) is 18.9 Å². The summed E-state index contributed by atoms with van der Waals surface area (Å²) in [6.45, 7) is 5.16. The van der Waals surface area contributed by atoms with Crippen LogP contribution in [0.2, 0.25) is 0 Å². The molecule has 0 aliphatic rings. The number of aryl methyl sites for hydroxylation is 1. The minimum absolute atomic E-state index is 0.760. The molecule has 6 heteroatoms. The molecule has 102 valence electrons. The number of nitrogens with one attached hydrogen (secondary N) is 1. The number of hydrogen-bond donors (Lipinski definition) is 1. The number of hydrogen-bond acceptors (Lipinski definition) is 3. The van der Waals surface area contributed by atoms with E-state index in [0.717, 1.165) is 43.4 Å². The Morgan fingerprint density at radius 1 is 1.61 bits per heavy atom. The summed E-state index contributed by atoms with van der Waals surface area (Å²) in [5, 5.41) is 8.11. The quantitative estimate of drug-likeness (QED) is 0.595. The summed E-state index contributed by atoms with van der Waals surface area (Å²) in [5.41, 5.74) is 1.15. The second kappa shape index (κ2) is 8.05. The molecule has 0 unspecified atom stereocenters. The van der Waals surface area contributed by atoms with Gasteiger partial charge in [0.15, 0.2) is 5.11 Å². The lowest BCUT2D eigenvalue weighted by molar-refractivity contribution is 0.145. The zero-order valence-electron chi connectivity index (χ0n) is 11.3. The summed E-state index contributed by atoms with van der Waals surface area (Å²) in [7, 11) is 3.89. The summed E-state index contributed by atoms with van der Waals surface area (Å²) >= 11 is 5.31. The fraction of sp³-hybridized carbons (Fsp3) is 0.667. The third kappa shape index (κ3) is 5.46. The molecule has 0 fully saturated rings. The van der Waals surface area contributed by atoms with Gasteiger partial charge in [-0.15, -0.1) is 0 Å². The van der Waals surface area contributed by atoms with Crippen molar-refractivity contribution in [1.82, 2.24) is 20.0 Å². The van der Waals surface area contributed by atoms with Crippen molar-refractivity contribution in [2.24, 2.45) is 7.05 Å². The summed E-state index contributed by atoms with van der Waals surface area (Å²) in [5.74, 6) is 0. The molecule has 0 aliphatic carbocycles. The topological polar surface area (TPSA) is 42.3 Å². The Kier molecular flexibility index (Phi) is 6.67. The van der Waals surface area contributed by atoms with Crippen LogP contribution in [0.25, 0.3) is 0 Å². The largest absolute Gasteiger partial charge is 0.382 e. The number of ether oxygens (including phenoxy) is 1. The number of thiocarbonyl (C=S) groups is 1. The zero-order chi connectivity index (χ0) is 13.4. The summed E-state index contributed by atoms with van der Waals surface area (Å²) in [6, 6.07) is 0. The van der Waals surface area contributed by atoms with Crippen LogP contribution >= 0.6 is 12.2 Å². The van der Waals surface area contributed by atoms with E-state index in [1.807, 2.05) is 38.3 Å². The molecular weight excluding hydrogens is 248 g/mol. The van der Waals surface area contributed by atoms with Crippen LogP contribution in [0.15, 0.2) is 12.4 Å². The van der Waals surface area contributed by atoms with Gasteiger partial charge in [0.1, 0.15) is 0 Å². The van der Waals surface area contributed by atoms with E-state index in [9.17, 15) is 0 Å². The zero-order valence-corrected chi connectivity index (χ0v) is 12.2. The lowest BCUT2D eigenvalue weighted by Crippen LogP contribution is -2.37. The standard InChI is InChI=1S/C12H22N4OS/c1-4-17-7-5-6-13-12(18)15(2)9-11-8-14-16(3)10-11/h8,10H,4-7,9H2,1-3H3,(H,13,18). The van der Waals surface area contributed by atoms with E-state index in [-0.39, 0.29) is 0 Å². The first-order valence-corrected chi connectivity index (χ1v) is 6.58. The molecule has 0 aromatic carbocycles. The van der Waals surface area contributed by atoms with Crippen molar-refractivity contribution in [3.05, 3.63) is 18.0 Å². The molecule has 0 saturated heterocycles. The van der Waals surface area contributed by atoms with Crippen LogP contribution in [0.3, 0.4) is 0 Å². The van der Waals surface area contributed by atoms with Crippen LogP contribution in [-0.4, -0.2) is 46.6 Å². The first kappa shape index (κ1) is 14.9. The highest BCUT2D eigenvalue weighted by atomic mass is 32.1. The Labute approximate surface area is 114 Å². The van der Waals surface area contributed by atoms with Gasteiger partial charge >= 0.3 is 0 Å². The Morgan fingerprint density at radius 2 is 2.39 bits per heavy atom. The molecule has 18 heavy (non-hydrogen) atoms. The maximum atomic E-state index is 5.31. The normalized spacial score (nSPS) is 10.4. The van der Waals surface area contributed by atoms with Crippen LogP contribution < -0.4 is 5.32 Å². The predicted octanol–water partition coefficient (Wildman–Crippen LogP) is 1.15. The molecule has 1 aromatic heterocycles. The van der Waals surface area contributed by atoms with Crippen LogP contribution in [-0.2, 0) is 18.3 Å². The maximum Gasteiger partial charge on any atom is 0.168 e. The highest BCUT2D eigenvalue weighted by molar-refractivity contribution is 7.80. The Bertz CT molecular complexity index is 367. The Balaban J connectivity index is 2.20. The fourth-order valence-corrected chi connectivity index (χ4v) is 1.71. The molecule has 0 aliphatic heterocycles. The highest BCUT2D eigenvalue weighted by Gasteiger charge is 2.05. The van der Waals surface area contributed by atoms with Gasteiger partial charge in [0, 0.05) is 52.2 Å². The lowest BCUT2D eigenvalue weighted by Gasteiger charge is -2.20. The average Bonchev–Trinajstić information content (AvgIpc) is 2.74. The van der Waals surface area contributed by atoms with Crippen LogP contribution in [0.4, 0.5) is 0 Å². The lowest BCUT2D eigenvalue weighted by atomic mass is 10.3. The van der Waals surface area contributed by atoms with Crippen molar-refractivity contribution in [2.45, 2.75) is 19.9 Å². The fourth-order valence-electron chi connectivity index (χ4n) is 1.55. The van der Waals surface area contributed by atoms with Gasteiger partial charge in [-0.05, 0) is 25.6 Å². The number of nitrogens with zero attached hydrogens (tertiary/aromatic N) is 3. The third-order valence-electron chi connectivity index (χ3n) is 2.47. The van der Waals surface area contributed by atoms with Gasteiger partial charge in [-0.3, -0.25) is 4.68 Å². The first-order valence-electron chi connectivity index (χ1n) is 6.17. The molecule has 0 spiro atoms. The molecule has 1 N–H and O–H groups in total. The number of aromatic nitrogens is 2. The van der Waals surface area contributed by atoms with E-state index in [1.54, 1.807) is 4.68 Å². The number of rotatable bonds is 7. The van der Waals surface area contributed by atoms with Gasteiger partial charge in [-0.1, -0.05) is 0 Å². The van der Waals surface area contributed by atoms with Gasteiger partial charge in [-0.25, -0.2) is 0 Å². The van der Waals surface area contributed by atoms with Crippen molar-refractivity contribution < 1.29 is 4.74 Å². The van der Waals surface area contributed by atoms with Crippen LogP contribution in [0, 0.1) is 0 Å². The van der Waals surface area contributed by atoms with E-state index in [2.05, 4.69) is 10.4 Å². The van der Waals surface area contributed by atoms with Gasteiger partial charge in [0.2, 0.25) is 0 Å². The van der Waals surface area contributed by atoms with E-state index >= 15 is 0 Å². The monoisotopic (exact) mass is 270 g/mol. The Morgan fingerprint density at radius 3 is 3.00 bits per heavy atom. The van der Waals surface area contributed by atoms with Crippen molar-refractivity contribution in [2.75, 3.05) is 26.8 Å². The molecule has 1 rings (SSSR count). The molecule has 0 atom stereocenters. The molecule has 0 amide bonds. The van der Waals surface area contributed by atoms with E-state index < -0.39 is 0 Å². The third-order valence-corrected chi connectivity index (χ3v) is 2.93. The molecule has 1 aromatic rings. The molecule has 5 nitrogen and oxygen atoms in total. The molecule has 0 saturated carbocycles.